The van der Waals surface area contributed by atoms with E-state index in [0.717, 1.165) is 18.6 Å². The van der Waals surface area contributed by atoms with Crippen LogP contribution in [0.25, 0.3) is 0 Å². The molecule has 0 spiro atoms. The van der Waals surface area contributed by atoms with E-state index in [9.17, 15) is 4.79 Å². The Morgan fingerprint density at radius 2 is 2.44 bits per heavy atom. The van der Waals surface area contributed by atoms with E-state index < -0.39 is 5.54 Å². The van der Waals surface area contributed by atoms with E-state index in [0.29, 0.717) is 18.9 Å². The molecule has 0 aliphatic heterocycles. The van der Waals surface area contributed by atoms with Crippen LogP contribution in [0.1, 0.15) is 25.5 Å². The second-order valence-electron chi connectivity index (χ2n) is 4.64. The van der Waals surface area contributed by atoms with E-state index in [1.807, 2.05) is 19.1 Å². The van der Waals surface area contributed by atoms with Gasteiger partial charge >= 0.3 is 0 Å². The van der Waals surface area contributed by atoms with Crippen LogP contribution in [-0.4, -0.2) is 18.0 Å². The van der Waals surface area contributed by atoms with Gasteiger partial charge in [-0.25, -0.2) is 0 Å². The summed E-state index contributed by atoms with van der Waals surface area (Å²) in [5, 5.41) is 2.86. The van der Waals surface area contributed by atoms with E-state index >= 15 is 0 Å². The third kappa shape index (κ3) is 2.44. The zero-order valence-electron chi connectivity index (χ0n) is 9.53. The van der Waals surface area contributed by atoms with Crippen molar-refractivity contribution in [1.29, 1.82) is 0 Å². The highest BCUT2D eigenvalue weighted by atomic mass is 16.3. The van der Waals surface area contributed by atoms with Crippen molar-refractivity contribution in [2.75, 3.05) is 6.54 Å². The van der Waals surface area contributed by atoms with E-state index in [2.05, 4.69) is 5.32 Å². The van der Waals surface area contributed by atoms with Crippen LogP contribution >= 0.6 is 0 Å². The van der Waals surface area contributed by atoms with Gasteiger partial charge in [-0.1, -0.05) is 0 Å². The number of amides is 1. The molecule has 1 aromatic heterocycles. The van der Waals surface area contributed by atoms with Crippen molar-refractivity contribution >= 4 is 5.91 Å². The van der Waals surface area contributed by atoms with Gasteiger partial charge in [-0.05, 0) is 37.8 Å². The van der Waals surface area contributed by atoms with Gasteiger partial charge in [0.2, 0.25) is 5.91 Å². The highest BCUT2D eigenvalue weighted by Gasteiger charge is 2.43. The van der Waals surface area contributed by atoms with Gasteiger partial charge < -0.3 is 15.5 Å². The normalized spacial score (nSPS) is 19.1. The number of rotatable bonds is 5. The van der Waals surface area contributed by atoms with Gasteiger partial charge in [0.1, 0.15) is 5.76 Å². The van der Waals surface area contributed by atoms with Gasteiger partial charge in [-0.15, -0.1) is 0 Å². The summed E-state index contributed by atoms with van der Waals surface area (Å²) >= 11 is 0. The molecule has 1 amide bonds. The van der Waals surface area contributed by atoms with Crippen LogP contribution in [0.3, 0.4) is 0 Å². The zero-order chi connectivity index (χ0) is 11.6. The van der Waals surface area contributed by atoms with Crippen LogP contribution in [0.15, 0.2) is 22.8 Å². The van der Waals surface area contributed by atoms with Crippen LogP contribution < -0.4 is 11.1 Å². The molecule has 0 bridgehead atoms. The predicted molar refractivity (Wildman–Crippen MR) is 60.7 cm³/mol. The van der Waals surface area contributed by atoms with Crippen LogP contribution in [0.2, 0.25) is 0 Å². The van der Waals surface area contributed by atoms with Crippen molar-refractivity contribution in [3.8, 4) is 0 Å². The van der Waals surface area contributed by atoms with E-state index in [4.69, 9.17) is 10.2 Å². The summed E-state index contributed by atoms with van der Waals surface area (Å²) in [6, 6.07) is 3.74. The Kier molecular flexibility index (Phi) is 3.01. The Morgan fingerprint density at radius 3 is 3.00 bits per heavy atom. The van der Waals surface area contributed by atoms with Crippen LogP contribution in [-0.2, 0) is 11.2 Å². The number of nitrogens with two attached hydrogens (primary N) is 1. The largest absolute Gasteiger partial charge is 0.469 e. The minimum atomic E-state index is -0.705. The molecular formula is C12H18N2O2. The van der Waals surface area contributed by atoms with Crippen molar-refractivity contribution in [2.45, 2.75) is 31.7 Å². The summed E-state index contributed by atoms with van der Waals surface area (Å²) in [5.74, 6) is 1.18. The molecule has 2 rings (SSSR count). The summed E-state index contributed by atoms with van der Waals surface area (Å²) in [7, 11) is 0. The Hall–Kier alpha value is -1.29. The minimum Gasteiger partial charge on any atom is -0.469 e. The van der Waals surface area contributed by atoms with Gasteiger partial charge in [-0.2, -0.15) is 0 Å². The average molecular weight is 222 g/mol. The maximum Gasteiger partial charge on any atom is 0.240 e. The quantitative estimate of drug-likeness (QED) is 0.783. The fourth-order valence-corrected chi connectivity index (χ4v) is 1.81. The third-order valence-corrected chi connectivity index (χ3v) is 3.15. The third-order valence-electron chi connectivity index (χ3n) is 3.15. The maximum atomic E-state index is 11.8. The zero-order valence-corrected chi connectivity index (χ0v) is 9.53. The fourth-order valence-electron chi connectivity index (χ4n) is 1.81. The Morgan fingerprint density at radius 1 is 1.69 bits per heavy atom. The highest BCUT2D eigenvalue weighted by molar-refractivity contribution is 5.86. The molecule has 88 valence electrons. The SMILES string of the molecule is CC(N)(C(=O)NCCc1ccco1)C1CC1. The molecule has 3 N–H and O–H groups in total. The van der Waals surface area contributed by atoms with Crippen molar-refractivity contribution in [3.63, 3.8) is 0 Å². The van der Waals surface area contributed by atoms with Gasteiger partial charge in [-0.3, -0.25) is 4.79 Å². The van der Waals surface area contributed by atoms with Gasteiger partial charge in [0.25, 0.3) is 0 Å². The van der Waals surface area contributed by atoms with Crippen molar-refractivity contribution in [1.82, 2.24) is 5.32 Å². The molecule has 4 nitrogen and oxygen atoms in total. The summed E-state index contributed by atoms with van der Waals surface area (Å²) in [6.45, 7) is 2.39. The molecule has 1 aliphatic carbocycles. The van der Waals surface area contributed by atoms with Gasteiger partial charge in [0.15, 0.2) is 0 Å². The molecule has 1 fully saturated rings. The molecule has 1 aliphatic rings. The van der Waals surface area contributed by atoms with E-state index in [-0.39, 0.29) is 5.91 Å². The predicted octanol–water partition coefficient (Wildman–Crippen LogP) is 1.07. The molecule has 1 unspecified atom stereocenters. The monoisotopic (exact) mass is 222 g/mol. The highest BCUT2D eigenvalue weighted by Crippen LogP contribution is 2.38. The number of nitrogens with one attached hydrogen (secondary N) is 1. The standard InChI is InChI=1S/C12H18N2O2/c1-12(13,9-4-5-9)11(15)14-7-6-10-3-2-8-16-10/h2-3,8-9H,4-7,13H2,1H3,(H,14,15). The lowest BCUT2D eigenvalue weighted by atomic mass is 9.96. The summed E-state index contributed by atoms with van der Waals surface area (Å²) < 4.78 is 5.18. The van der Waals surface area contributed by atoms with E-state index in [1.165, 1.54) is 0 Å². The smallest absolute Gasteiger partial charge is 0.240 e. The molecule has 16 heavy (non-hydrogen) atoms. The Bertz CT molecular complexity index is 353. The second kappa shape index (κ2) is 4.29. The number of carbonyl (C=O) groups is 1. The molecule has 0 saturated heterocycles. The molecule has 4 heteroatoms. The Labute approximate surface area is 95.2 Å². The number of hydrogen-bond acceptors (Lipinski definition) is 3. The minimum absolute atomic E-state index is 0.0541. The molecule has 1 heterocycles. The number of carbonyl (C=O) groups excluding carboxylic acids is 1. The Balaban J connectivity index is 1.75. The molecule has 1 atom stereocenters. The lowest BCUT2D eigenvalue weighted by Crippen LogP contribution is -2.53. The first-order valence-corrected chi connectivity index (χ1v) is 5.70. The molecule has 1 aromatic rings. The first kappa shape index (κ1) is 11.2. The maximum absolute atomic E-state index is 11.8. The van der Waals surface area contributed by atoms with Crippen LogP contribution in [0.4, 0.5) is 0 Å². The lowest BCUT2D eigenvalue weighted by molar-refractivity contribution is -0.126. The average Bonchev–Trinajstić information content (AvgIpc) is 2.99. The second-order valence-corrected chi connectivity index (χ2v) is 4.64. The summed E-state index contributed by atoms with van der Waals surface area (Å²) in [5.41, 5.74) is 5.28. The summed E-state index contributed by atoms with van der Waals surface area (Å²) in [4.78, 5) is 11.8. The number of hydrogen-bond donors (Lipinski definition) is 2. The topological polar surface area (TPSA) is 68.3 Å². The van der Waals surface area contributed by atoms with Crippen LogP contribution in [0.5, 0.6) is 0 Å². The van der Waals surface area contributed by atoms with Crippen molar-refractivity contribution < 1.29 is 9.21 Å². The van der Waals surface area contributed by atoms with Gasteiger partial charge in [0, 0.05) is 13.0 Å². The molecule has 1 saturated carbocycles. The van der Waals surface area contributed by atoms with Crippen LogP contribution in [0, 0.1) is 5.92 Å². The first-order chi connectivity index (χ1) is 7.60. The fraction of sp³-hybridized carbons (Fsp3) is 0.583. The summed E-state index contributed by atoms with van der Waals surface area (Å²) in [6.07, 6.45) is 4.48. The van der Waals surface area contributed by atoms with E-state index in [1.54, 1.807) is 6.26 Å². The van der Waals surface area contributed by atoms with Gasteiger partial charge in [0.05, 0.1) is 11.8 Å². The molecular weight excluding hydrogens is 204 g/mol. The first-order valence-electron chi connectivity index (χ1n) is 5.70. The van der Waals surface area contributed by atoms with Crippen molar-refractivity contribution in [3.05, 3.63) is 24.2 Å². The van der Waals surface area contributed by atoms with Crippen molar-refractivity contribution in [2.24, 2.45) is 11.7 Å². The number of furan rings is 1. The molecule has 0 radical (unpaired) electrons. The molecule has 0 aromatic carbocycles. The lowest BCUT2D eigenvalue weighted by Gasteiger charge is -2.22.